The van der Waals surface area contributed by atoms with Gasteiger partial charge < -0.3 is 5.73 Å². The third kappa shape index (κ3) is 2.68. The van der Waals surface area contributed by atoms with Crippen LogP contribution in [0.5, 0.6) is 0 Å². The topological polar surface area (TPSA) is 26.0 Å². The molecule has 0 amide bonds. The molecule has 4 heteroatoms. The Morgan fingerprint density at radius 3 is 2.63 bits per heavy atom. The Balaban J connectivity index is 1.83. The predicted octanol–water partition coefficient (Wildman–Crippen LogP) is 4.86. The van der Waals surface area contributed by atoms with Gasteiger partial charge in [-0.15, -0.1) is 11.3 Å². The third-order valence-electron chi connectivity index (χ3n) is 3.93. The largest absolute Gasteiger partial charge is 0.324 e. The average Bonchev–Trinajstić information content (AvgIpc) is 2.76. The van der Waals surface area contributed by atoms with E-state index < -0.39 is 0 Å². The highest BCUT2D eigenvalue weighted by Gasteiger charge is 2.27. The SMILES string of the molecule is NC(c1cc(Cl)sc1Cl)C1CCc2ccccc2C1. The van der Waals surface area contributed by atoms with Crippen molar-refractivity contribution in [2.24, 2.45) is 11.7 Å². The fourth-order valence-corrected chi connectivity index (χ4v) is 4.43. The minimum atomic E-state index is -0.0235. The number of hydrogen-bond acceptors (Lipinski definition) is 2. The minimum absolute atomic E-state index is 0.0235. The van der Waals surface area contributed by atoms with Crippen molar-refractivity contribution >= 4 is 34.5 Å². The molecule has 1 aromatic carbocycles. The summed E-state index contributed by atoms with van der Waals surface area (Å²) in [4.78, 5) is 0. The van der Waals surface area contributed by atoms with E-state index in [0.717, 1.165) is 29.2 Å². The van der Waals surface area contributed by atoms with Crippen molar-refractivity contribution in [1.29, 1.82) is 0 Å². The van der Waals surface area contributed by atoms with Gasteiger partial charge in [-0.1, -0.05) is 47.5 Å². The van der Waals surface area contributed by atoms with Crippen LogP contribution in [0, 0.1) is 5.92 Å². The monoisotopic (exact) mass is 311 g/mol. The van der Waals surface area contributed by atoms with Crippen LogP contribution in [-0.4, -0.2) is 0 Å². The molecule has 2 N–H and O–H groups in total. The van der Waals surface area contributed by atoms with E-state index in [1.165, 1.54) is 22.5 Å². The van der Waals surface area contributed by atoms with Crippen molar-refractivity contribution in [1.82, 2.24) is 0 Å². The zero-order valence-corrected chi connectivity index (χ0v) is 12.7. The van der Waals surface area contributed by atoms with Gasteiger partial charge in [0, 0.05) is 11.6 Å². The van der Waals surface area contributed by atoms with Gasteiger partial charge in [0.1, 0.15) is 0 Å². The molecule has 100 valence electrons. The van der Waals surface area contributed by atoms with Crippen molar-refractivity contribution < 1.29 is 0 Å². The van der Waals surface area contributed by atoms with Crippen LogP contribution in [-0.2, 0) is 12.8 Å². The van der Waals surface area contributed by atoms with E-state index in [1.807, 2.05) is 6.07 Å². The molecule has 1 nitrogen and oxygen atoms in total. The van der Waals surface area contributed by atoms with Gasteiger partial charge >= 0.3 is 0 Å². The van der Waals surface area contributed by atoms with Crippen LogP contribution in [0.1, 0.15) is 29.2 Å². The van der Waals surface area contributed by atoms with Crippen LogP contribution < -0.4 is 5.73 Å². The Hall–Kier alpha value is -0.540. The van der Waals surface area contributed by atoms with Gasteiger partial charge in [-0.25, -0.2) is 0 Å². The summed E-state index contributed by atoms with van der Waals surface area (Å²) in [5.74, 6) is 0.443. The highest BCUT2D eigenvalue weighted by Crippen LogP contribution is 2.40. The van der Waals surface area contributed by atoms with Gasteiger partial charge in [0.05, 0.1) is 8.67 Å². The first kappa shape index (κ1) is 13.4. The lowest BCUT2D eigenvalue weighted by atomic mass is 9.79. The highest BCUT2D eigenvalue weighted by molar-refractivity contribution is 7.20. The molecule has 0 saturated heterocycles. The third-order valence-corrected chi connectivity index (χ3v) is 5.45. The first-order chi connectivity index (χ1) is 9.15. The Kier molecular flexibility index (Phi) is 3.86. The summed E-state index contributed by atoms with van der Waals surface area (Å²) >= 11 is 13.6. The smallest absolute Gasteiger partial charge is 0.0991 e. The summed E-state index contributed by atoms with van der Waals surface area (Å²) in [5, 5.41) is 0. The summed E-state index contributed by atoms with van der Waals surface area (Å²) in [7, 11) is 0. The standard InChI is InChI=1S/C15H15Cl2NS/c16-13-8-12(15(17)19-13)14(18)11-6-5-9-3-1-2-4-10(9)7-11/h1-4,8,11,14H,5-7,18H2. The molecule has 0 radical (unpaired) electrons. The lowest BCUT2D eigenvalue weighted by molar-refractivity contribution is 0.383. The molecule has 1 heterocycles. The Bertz CT molecular complexity index is 594. The molecule has 2 atom stereocenters. The highest BCUT2D eigenvalue weighted by atomic mass is 35.5. The molecular formula is C15H15Cl2NS. The van der Waals surface area contributed by atoms with Crippen LogP contribution in [0.2, 0.25) is 8.67 Å². The predicted molar refractivity (Wildman–Crippen MR) is 83.2 cm³/mol. The lowest BCUT2D eigenvalue weighted by Crippen LogP contribution is -2.26. The first-order valence-corrected chi connectivity index (χ1v) is 7.99. The molecule has 0 fully saturated rings. The zero-order valence-electron chi connectivity index (χ0n) is 10.4. The molecule has 19 heavy (non-hydrogen) atoms. The summed E-state index contributed by atoms with van der Waals surface area (Å²) in [5.41, 5.74) is 10.3. The van der Waals surface area contributed by atoms with E-state index >= 15 is 0 Å². The second-order valence-electron chi connectivity index (χ2n) is 5.08. The number of nitrogens with two attached hydrogens (primary N) is 1. The van der Waals surface area contributed by atoms with Crippen molar-refractivity contribution in [2.75, 3.05) is 0 Å². The van der Waals surface area contributed by atoms with E-state index in [9.17, 15) is 0 Å². The number of thiophene rings is 1. The number of fused-ring (bicyclic) bond motifs is 1. The van der Waals surface area contributed by atoms with Crippen LogP contribution in [0.25, 0.3) is 0 Å². The molecule has 1 aromatic heterocycles. The van der Waals surface area contributed by atoms with Crippen molar-refractivity contribution in [2.45, 2.75) is 25.3 Å². The van der Waals surface area contributed by atoms with E-state index in [4.69, 9.17) is 28.9 Å². The van der Waals surface area contributed by atoms with Gasteiger partial charge in [0.15, 0.2) is 0 Å². The van der Waals surface area contributed by atoms with E-state index in [-0.39, 0.29) is 6.04 Å². The van der Waals surface area contributed by atoms with Crippen LogP contribution in [0.3, 0.4) is 0 Å². The first-order valence-electron chi connectivity index (χ1n) is 6.42. The molecule has 2 aromatic rings. The van der Waals surface area contributed by atoms with Gasteiger partial charge in [0.25, 0.3) is 0 Å². The summed E-state index contributed by atoms with van der Waals surface area (Å²) < 4.78 is 1.45. The Labute approximate surface area is 127 Å². The molecule has 2 unspecified atom stereocenters. The Morgan fingerprint density at radius 1 is 1.21 bits per heavy atom. The van der Waals surface area contributed by atoms with E-state index in [0.29, 0.717) is 10.3 Å². The molecule has 0 saturated carbocycles. The molecular weight excluding hydrogens is 297 g/mol. The van der Waals surface area contributed by atoms with Crippen LogP contribution >= 0.6 is 34.5 Å². The van der Waals surface area contributed by atoms with Gasteiger partial charge in [-0.2, -0.15) is 0 Å². The van der Waals surface area contributed by atoms with Crippen molar-refractivity contribution in [3.63, 3.8) is 0 Å². The zero-order chi connectivity index (χ0) is 13.4. The second kappa shape index (κ2) is 5.45. The quantitative estimate of drug-likeness (QED) is 0.842. The molecule has 1 aliphatic rings. The maximum Gasteiger partial charge on any atom is 0.0991 e. The number of hydrogen-bond donors (Lipinski definition) is 1. The van der Waals surface area contributed by atoms with Crippen molar-refractivity contribution in [3.05, 3.63) is 55.7 Å². The van der Waals surface area contributed by atoms with Gasteiger partial charge in [0.2, 0.25) is 0 Å². The van der Waals surface area contributed by atoms with Gasteiger partial charge in [-0.3, -0.25) is 0 Å². The van der Waals surface area contributed by atoms with Crippen molar-refractivity contribution in [3.8, 4) is 0 Å². The molecule has 1 aliphatic carbocycles. The number of benzene rings is 1. The molecule has 3 rings (SSSR count). The Morgan fingerprint density at radius 2 is 1.95 bits per heavy atom. The fraction of sp³-hybridized carbons (Fsp3) is 0.333. The van der Waals surface area contributed by atoms with Crippen LogP contribution in [0.4, 0.5) is 0 Å². The lowest BCUT2D eigenvalue weighted by Gasteiger charge is -2.29. The number of halogens is 2. The number of aryl methyl sites for hydroxylation is 1. The summed E-state index contributed by atoms with van der Waals surface area (Å²) in [6, 6.07) is 10.5. The summed E-state index contributed by atoms with van der Waals surface area (Å²) in [6.45, 7) is 0. The molecule has 0 bridgehead atoms. The van der Waals surface area contributed by atoms with E-state index in [1.54, 1.807) is 0 Å². The fourth-order valence-electron chi connectivity index (χ4n) is 2.87. The molecule has 0 spiro atoms. The number of rotatable bonds is 2. The van der Waals surface area contributed by atoms with Gasteiger partial charge in [-0.05, 0) is 42.4 Å². The average molecular weight is 312 g/mol. The normalized spacial score (nSPS) is 20.1. The maximum absolute atomic E-state index is 6.40. The maximum atomic E-state index is 6.40. The minimum Gasteiger partial charge on any atom is -0.324 e. The van der Waals surface area contributed by atoms with E-state index in [2.05, 4.69) is 24.3 Å². The summed E-state index contributed by atoms with van der Waals surface area (Å²) in [6.07, 6.45) is 3.24. The second-order valence-corrected chi connectivity index (χ2v) is 7.36. The van der Waals surface area contributed by atoms with Crippen LogP contribution in [0.15, 0.2) is 30.3 Å². The molecule has 0 aliphatic heterocycles.